The van der Waals surface area contributed by atoms with Crippen molar-refractivity contribution in [2.24, 2.45) is 0 Å². The number of ether oxygens (including phenoxy) is 1. The molecule has 0 N–H and O–H groups in total. The van der Waals surface area contributed by atoms with E-state index >= 15 is 0 Å². The molecular formula is C10H7F4IO2. The van der Waals surface area contributed by atoms with E-state index in [4.69, 9.17) is 0 Å². The van der Waals surface area contributed by atoms with Gasteiger partial charge in [0, 0.05) is 5.56 Å². The van der Waals surface area contributed by atoms with Crippen LogP contribution in [0.5, 0.6) is 5.75 Å². The van der Waals surface area contributed by atoms with Gasteiger partial charge in [-0.15, -0.1) is 0 Å². The van der Waals surface area contributed by atoms with Gasteiger partial charge in [-0.25, -0.2) is 8.78 Å². The van der Waals surface area contributed by atoms with Gasteiger partial charge in [-0.2, -0.15) is 8.78 Å². The molecule has 1 rings (SSSR count). The van der Waals surface area contributed by atoms with E-state index < -0.39 is 30.1 Å². The maximum atomic E-state index is 12.7. The fourth-order valence-electron chi connectivity index (χ4n) is 1.19. The summed E-state index contributed by atoms with van der Waals surface area (Å²) >= 11 is 1.57. The number of carbonyl (C=O) groups excluding carboxylic acids is 1. The molecule has 0 fully saturated rings. The minimum absolute atomic E-state index is 0.0336. The highest BCUT2D eigenvalue weighted by Crippen LogP contribution is 2.35. The van der Waals surface area contributed by atoms with Crippen LogP contribution in [0.2, 0.25) is 0 Å². The van der Waals surface area contributed by atoms with Crippen LogP contribution in [0.3, 0.4) is 0 Å². The molecule has 0 atom stereocenters. The zero-order chi connectivity index (χ0) is 13.2. The molecule has 0 unspecified atom stereocenters. The highest BCUT2D eigenvalue weighted by atomic mass is 127. The van der Waals surface area contributed by atoms with E-state index in [0.29, 0.717) is 0 Å². The summed E-state index contributed by atoms with van der Waals surface area (Å²) in [5.74, 6) is -1.01. The Labute approximate surface area is 108 Å². The predicted molar refractivity (Wildman–Crippen MR) is 60.8 cm³/mol. The van der Waals surface area contributed by atoms with Gasteiger partial charge in [0.15, 0.2) is 5.78 Å². The van der Waals surface area contributed by atoms with E-state index in [0.717, 1.165) is 6.07 Å². The van der Waals surface area contributed by atoms with Crippen LogP contribution in [0.4, 0.5) is 17.6 Å². The van der Waals surface area contributed by atoms with Crippen molar-refractivity contribution in [1.82, 2.24) is 0 Å². The Morgan fingerprint density at radius 1 is 1.29 bits per heavy atom. The number of Topliss-reactive ketones (excluding diaryl/α,β-unsaturated/α-hetero) is 1. The van der Waals surface area contributed by atoms with E-state index in [1.54, 1.807) is 22.6 Å². The van der Waals surface area contributed by atoms with Crippen molar-refractivity contribution in [3.05, 3.63) is 26.8 Å². The van der Waals surface area contributed by atoms with E-state index in [1.807, 2.05) is 0 Å². The van der Waals surface area contributed by atoms with E-state index in [2.05, 4.69) is 4.74 Å². The summed E-state index contributed by atoms with van der Waals surface area (Å²) in [5, 5.41) is 0. The average molecular weight is 362 g/mol. The summed E-state index contributed by atoms with van der Waals surface area (Å²) < 4.78 is 53.5. The lowest BCUT2D eigenvalue weighted by Gasteiger charge is -2.13. The molecule has 1 aromatic rings. The van der Waals surface area contributed by atoms with Gasteiger partial charge in [0.2, 0.25) is 0 Å². The number of carbonyl (C=O) groups is 1. The molecule has 0 aromatic heterocycles. The molecule has 0 radical (unpaired) electrons. The van der Waals surface area contributed by atoms with Crippen LogP contribution in [0.1, 0.15) is 29.3 Å². The molecule has 0 spiro atoms. The van der Waals surface area contributed by atoms with Crippen molar-refractivity contribution in [3.63, 3.8) is 0 Å². The Morgan fingerprint density at radius 3 is 2.29 bits per heavy atom. The molecular weight excluding hydrogens is 355 g/mol. The van der Waals surface area contributed by atoms with Gasteiger partial charge in [0.25, 0.3) is 6.43 Å². The van der Waals surface area contributed by atoms with Gasteiger partial charge in [0.05, 0.1) is 9.13 Å². The van der Waals surface area contributed by atoms with Gasteiger partial charge in [0.1, 0.15) is 5.75 Å². The van der Waals surface area contributed by atoms with Crippen molar-refractivity contribution in [3.8, 4) is 5.75 Å². The van der Waals surface area contributed by atoms with Crippen LogP contribution >= 0.6 is 22.6 Å². The Bertz CT molecular complexity index is 435. The predicted octanol–water partition coefficient (Wildman–Crippen LogP) is 4.03. The third-order valence-corrected chi connectivity index (χ3v) is 2.72. The summed E-state index contributed by atoms with van der Waals surface area (Å²) in [6, 6.07) is 2.10. The van der Waals surface area contributed by atoms with Crippen LogP contribution in [-0.2, 0) is 0 Å². The van der Waals surface area contributed by atoms with E-state index in [1.165, 1.54) is 13.0 Å². The molecule has 0 saturated carbocycles. The van der Waals surface area contributed by atoms with Crippen molar-refractivity contribution in [2.75, 3.05) is 0 Å². The lowest BCUT2D eigenvalue weighted by molar-refractivity contribution is -0.0525. The first-order valence-electron chi connectivity index (χ1n) is 4.40. The minimum Gasteiger partial charge on any atom is -0.433 e. The second-order valence-corrected chi connectivity index (χ2v) is 4.27. The SMILES string of the molecule is CC(=O)c1cc(I)c(OC(F)F)c(C(F)F)c1. The molecule has 0 saturated heterocycles. The second kappa shape index (κ2) is 5.65. The largest absolute Gasteiger partial charge is 0.433 e. The van der Waals surface area contributed by atoms with Gasteiger partial charge in [-0.05, 0) is 41.6 Å². The topological polar surface area (TPSA) is 26.3 Å². The molecule has 94 valence electrons. The third-order valence-electron chi connectivity index (χ3n) is 1.92. The number of alkyl halides is 4. The van der Waals surface area contributed by atoms with Crippen LogP contribution < -0.4 is 4.74 Å². The van der Waals surface area contributed by atoms with Crippen molar-refractivity contribution < 1.29 is 27.1 Å². The molecule has 1 aromatic carbocycles. The fourth-order valence-corrected chi connectivity index (χ4v) is 1.97. The van der Waals surface area contributed by atoms with Gasteiger partial charge < -0.3 is 4.74 Å². The quantitative estimate of drug-likeness (QED) is 0.459. The van der Waals surface area contributed by atoms with Crippen molar-refractivity contribution >= 4 is 28.4 Å². The second-order valence-electron chi connectivity index (χ2n) is 3.11. The fraction of sp³-hybridized carbons (Fsp3) is 0.300. The van der Waals surface area contributed by atoms with Crippen molar-refractivity contribution in [1.29, 1.82) is 0 Å². The highest BCUT2D eigenvalue weighted by Gasteiger charge is 2.22. The zero-order valence-electron chi connectivity index (χ0n) is 8.52. The maximum Gasteiger partial charge on any atom is 0.387 e. The van der Waals surface area contributed by atoms with Gasteiger partial charge in [-0.1, -0.05) is 0 Å². The molecule has 0 aliphatic carbocycles. The van der Waals surface area contributed by atoms with Crippen LogP contribution in [0, 0.1) is 3.57 Å². The summed E-state index contributed by atoms with van der Waals surface area (Å²) in [5.41, 5.74) is -0.672. The first kappa shape index (κ1) is 14.2. The molecule has 7 heteroatoms. The molecule has 0 bridgehead atoms. The smallest absolute Gasteiger partial charge is 0.387 e. The number of rotatable bonds is 4. The number of halogens is 5. The Hall–Kier alpha value is -0.860. The molecule has 2 nitrogen and oxygen atoms in total. The standard InChI is InChI=1S/C10H7F4IO2/c1-4(16)5-2-6(9(11)12)8(7(15)3-5)17-10(13)14/h2-3,9-10H,1H3. The summed E-state index contributed by atoms with van der Waals surface area (Å²) in [6.45, 7) is -1.99. The number of ketones is 1. The molecule has 0 aliphatic heterocycles. The first-order valence-corrected chi connectivity index (χ1v) is 5.48. The summed E-state index contributed by atoms with van der Waals surface area (Å²) in [4.78, 5) is 11.1. The Balaban J connectivity index is 3.33. The Kier molecular flexibility index (Phi) is 4.72. The maximum absolute atomic E-state index is 12.7. The summed E-state index contributed by atoms with van der Waals surface area (Å²) in [7, 11) is 0. The first-order chi connectivity index (χ1) is 7.82. The lowest BCUT2D eigenvalue weighted by Crippen LogP contribution is -2.08. The normalized spacial score (nSPS) is 11.1. The molecule has 0 amide bonds. The van der Waals surface area contributed by atoms with Crippen LogP contribution in [0.15, 0.2) is 12.1 Å². The number of hydrogen-bond acceptors (Lipinski definition) is 2. The van der Waals surface area contributed by atoms with E-state index in [-0.39, 0.29) is 9.13 Å². The number of hydrogen-bond donors (Lipinski definition) is 0. The highest BCUT2D eigenvalue weighted by molar-refractivity contribution is 14.1. The molecule has 0 heterocycles. The molecule has 0 aliphatic rings. The minimum atomic E-state index is -3.19. The molecule has 17 heavy (non-hydrogen) atoms. The summed E-state index contributed by atoms with van der Waals surface area (Å²) in [6.07, 6.45) is -2.99. The lowest BCUT2D eigenvalue weighted by atomic mass is 10.1. The average Bonchev–Trinajstić information content (AvgIpc) is 2.19. The number of benzene rings is 1. The van der Waals surface area contributed by atoms with Gasteiger partial charge in [-0.3, -0.25) is 4.79 Å². The third kappa shape index (κ3) is 3.55. The van der Waals surface area contributed by atoms with Crippen LogP contribution in [0.25, 0.3) is 0 Å². The van der Waals surface area contributed by atoms with Crippen molar-refractivity contribution in [2.45, 2.75) is 20.0 Å². The van der Waals surface area contributed by atoms with E-state index in [9.17, 15) is 22.4 Å². The van der Waals surface area contributed by atoms with Gasteiger partial charge >= 0.3 is 6.61 Å². The zero-order valence-corrected chi connectivity index (χ0v) is 10.7. The van der Waals surface area contributed by atoms with Crippen LogP contribution in [-0.4, -0.2) is 12.4 Å². The Morgan fingerprint density at radius 2 is 1.88 bits per heavy atom. The monoisotopic (exact) mass is 362 g/mol.